The zero-order valence-corrected chi connectivity index (χ0v) is 14.7. The van der Waals surface area contributed by atoms with E-state index in [0.717, 1.165) is 30.6 Å². The Morgan fingerprint density at radius 1 is 1.33 bits per heavy atom. The van der Waals surface area contributed by atoms with Gasteiger partial charge < -0.3 is 19.5 Å². The molecule has 1 atom stereocenters. The van der Waals surface area contributed by atoms with Crippen LogP contribution in [0.1, 0.15) is 51.5 Å². The maximum Gasteiger partial charge on any atom is 0.410 e. The molecular weight excluding hydrogens is 306 g/mol. The van der Waals surface area contributed by atoms with Crippen molar-refractivity contribution in [1.82, 2.24) is 4.90 Å². The van der Waals surface area contributed by atoms with Crippen LogP contribution in [0.3, 0.4) is 0 Å². The summed E-state index contributed by atoms with van der Waals surface area (Å²) in [6, 6.07) is 7.94. The smallest absolute Gasteiger partial charge is 0.410 e. The summed E-state index contributed by atoms with van der Waals surface area (Å²) >= 11 is 0. The maximum atomic E-state index is 12.2. The molecule has 2 aliphatic heterocycles. The lowest BCUT2D eigenvalue weighted by Gasteiger charge is -2.46. The molecule has 132 valence electrons. The average molecular weight is 333 g/mol. The van der Waals surface area contributed by atoms with E-state index in [-0.39, 0.29) is 24.2 Å². The molecular formula is C19H27NO4. The zero-order chi connectivity index (χ0) is 17.4. The number of para-hydroxylation sites is 1. The van der Waals surface area contributed by atoms with Crippen LogP contribution >= 0.6 is 0 Å². The van der Waals surface area contributed by atoms with Crippen LogP contribution in [-0.4, -0.2) is 47.0 Å². The van der Waals surface area contributed by atoms with Crippen molar-refractivity contribution in [2.75, 3.05) is 19.7 Å². The molecule has 1 aromatic rings. The summed E-state index contributed by atoms with van der Waals surface area (Å²) in [6.45, 7) is 7.00. The largest absolute Gasteiger partial charge is 0.487 e. The van der Waals surface area contributed by atoms with Gasteiger partial charge >= 0.3 is 6.09 Å². The first-order valence-electron chi connectivity index (χ1n) is 8.69. The average Bonchev–Trinajstić information content (AvgIpc) is 2.53. The van der Waals surface area contributed by atoms with Gasteiger partial charge in [0.1, 0.15) is 17.0 Å². The third-order valence-corrected chi connectivity index (χ3v) is 4.85. The lowest BCUT2D eigenvalue weighted by molar-refractivity contribution is -0.0359. The fourth-order valence-electron chi connectivity index (χ4n) is 3.64. The molecule has 0 bridgehead atoms. The number of ether oxygens (including phenoxy) is 2. The molecule has 5 heteroatoms. The number of nitrogens with zero attached hydrogens (tertiary/aromatic N) is 1. The van der Waals surface area contributed by atoms with Gasteiger partial charge in [-0.15, -0.1) is 0 Å². The van der Waals surface area contributed by atoms with Crippen LogP contribution < -0.4 is 4.74 Å². The monoisotopic (exact) mass is 333 g/mol. The standard InChI is InChI=1S/C19H27NO4/c1-18(2,3)24-17(22)20-10-8-19(9-11-20)12-14(13-21)15-6-4-5-7-16(15)23-19/h4-7,14,21H,8-13H2,1-3H3. The predicted octanol–water partition coefficient (Wildman–Crippen LogP) is 3.31. The summed E-state index contributed by atoms with van der Waals surface area (Å²) in [7, 11) is 0. The second-order valence-electron chi connectivity index (χ2n) is 7.87. The topological polar surface area (TPSA) is 59.0 Å². The molecule has 1 amide bonds. The number of benzene rings is 1. The van der Waals surface area contributed by atoms with Crippen molar-refractivity contribution in [3.05, 3.63) is 29.8 Å². The van der Waals surface area contributed by atoms with Crippen molar-refractivity contribution in [3.8, 4) is 5.75 Å². The van der Waals surface area contributed by atoms with Gasteiger partial charge in [0.2, 0.25) is 0 Å². The van der Waals surface area contributed by atoms with Gasteiger partial charge in [-0.1, -0.05) is 18.2 Å². The number of fused-ring (bicyclic) bond motifs is 1. The first kappa shape index (κ1) is 17.1. The third kappa shape index (κ3) is 3.51. The van der Waals surface area contributed by atoms with Crippen molar-refractivity contribution in [2.24, 2.45) is 0 Å². The number of hydrogen-bond acceptors (Lipinski definition) is 4. The number of likely N-dealkylation sites (tertiary alicyclic amines) is 1. The van der Waals surface area contributed by atoms with Gasteiger partial charge in [0, 0.05) is 31.8 Å². The number of amides is 1. The lowest BCUT2D eigenvalue weighted by atomic mass is 9.78. The molecule has 1 N–H and O–H groups in total. The third-order valence-electron chi connectivity index (χ3n) is 4.85. The molecule has 0 radical (unpaired) electrons. The van der Waals surface area contributed by atoms with E-state index in [0.29, 0.717) is 13.1 Å². The Kier molecular flexibility index (Phi) is 4.47. The van der Waals surface area contributed by atoms with Gasteiger partial charge in [0.15, 0.2) is 0 Å². The zero-order valence-electron chi connectivity index (χ0n) is 14.7. The van der Waals surface area contributed by atoms with Gasteiger partial charge in [0.25, 0.3) is 0 Å². The molecule has 1 saturated heterocycles. The highest BCUT2D eigenvalue weighted by Crippen LogP contribution is 2.45. The van der Waals surface area contributed by atoms with E-state index in [2.05, 4.69) is 0 Å². The van der Waals surface area contributed by atoms with E-state index in [1.54, 1.807) is 4.90 Å². The van der Waals surface area contributed by atoms with Crippen LogP contribution in [0.15, 0.2) is 24.3 Å². The van der Waals surface area contributed by atoms with Crippen molar-refractivity contribution in [2.45, 2.75) is 57.2 Å². The summed E-state index contributed by atoms with van der Waals surface area (Å²) in [5.74, 6) is 0.969. The van der Waals surface area contributed by atoms with E-state index in [4.69, 9.17) is 9.47 Å². The fraction of sp³-hybridized carbons (Fsp3) is 0.632. The van der Waals surface area contributed by atoms with Gasteiger partial charge in [-0.2, -0.15) is 0 Å². The van der Waals surface area contributed by atoms with Crippen molar-refractivity contribution >= 4 is 6.09 Å². The summed E-state index contributed by atoms with van der Waals surface area (Å²) in [5, 5.41) is 9.78. The molecule has 1 aromatic carbocycles. The fourth-order valence-corrected chi connectivity index (χ4v) is 3.64. The van der Waals surface area contributed by atoms with Crippen molar-refractivity contribution < 1.29 is 19.4 Å². The highest BCUT2D eigenvalue weighted by molar-refractivity contribution is 5.68. The molecule has 0 aromatic heterocycles. The van der Waals surface area contributed by atoms with E-state index in [1.165, 1.54) is 0 Å². The first-order valence-corrected chi connectivity index (χ1v) is 8.69. The number of aliphatic hydroxyl groups excluding tert-OH is 1. The quantitative estimate of drug-likeness (QED) is 0.856. The number of piperidine rings is 1. The highest BCUT2D eigenvalue weighted by Gasteiger charge is 2.44. The Balaban J connectivity index is 1.69. The number of aliphatic hydroxyl groups is 1. The van der Waals surface area contributed by atoms with Gasteiger partial charge in [-0.25, -0.2) is 4.79 Å². The molecule has 2 heterocycles. The first-order chi connectivity index (χ1) is 11.3. The van der Waals surface area contributed by atoms with Crippen LogP contribution in [0.25, 0.3) is 0 Å². The molecule has 0 saturated carbocycles. The Bertz CT molecular complexity index is 600. The lowest BCUT2D eigenvalue weighted by Crippen LogP contribution is -2.52. The molecule has 0 aliphatic carbocycles. The highest BCUT2D eigenvalue weighted by atomic mass is 16.6. The van der Waals surface area contributed by atoms with Crippen LogP contribution in [-0.2, 0) is 4.74 Å². The van der Waals surface area contributed by atoms with E-state index in [1.807, 2.05) is 45.0 Å². The Labute approximate surface area is 143 Å². The van der Waals surface area contributed by atoms with Crippen molar-refractivity contribution in [1.29, 1.82) is 0 Å². The molecule has 24 heavy (non-hydrogen) atoms. The van der Waals surface area contributed by atoms with Crippen LogP contribution in [0.4, 0.5) is 4.79 Å². The minimum Gasteiger partial charge on any atom is -0.487 e. The van der Waals surface area contributed by atoms with Crippen LogP contribution in [0.2, 0.25) is 0 Å². The van der Waals surface area contributed by atoms with Crippen LogP contribution in [0.5, 0.6) is 5.75 Å². The molecule has 3 rings (SSSR count). The maximum absolute atomic E-state index is 12.2. The summed E-state index contributed by atoms with van der Waals surface area (Å²) in [4.78, 5) is 14.0. The summed E-state index contributed by atoms with van der Waals surface area (Å²) in [5.41, 5.74) is 0.314. The Morgan fingerprint density at radius 3 is 2.62 bits per heavy atom. The number of carbonyl (C=O) groups is 1. The van der Waals surface area contributed by atoms with E-state index >= 15 is 0 Å². The van der Waals surface area contributed by atoms with E-state index in [9.17, 15) is 9.90 Å². The predicted molar refractivity (Wildman–Crippen MR) is 91.3 cm³/mol. The molecule has 1 unspecified atom stereocenters. The Hall–Kier alpha value is -1.75. The summed E-state index contributed by atoms with van der Waals surface area (Å²) in [6.07, 6.45) is 2.06. The molecule has 1 fully saturated rings. The normalized spacial score (nSPS) is 22.7. The second kappa shape index (κ2) is 6.28. The minimum atomic E-state index is -0.478. The van der Waals surface area contributed by atoms with Gasteiger partial charge in [-0.05, 0) is 38.8 Å². The number of carbonyl (C=O) groups excluding carboxylic acids is 1. The van der Waals surface area contributed by atoms with Crippen molar-refractivity contribution in [3.63, 3.8) is 0 Å². The number of hydrogen-bond donors (Lipinski definition) is 1. The van der Waals surface area contributed by atoms with Crippen LogP contribution in [0, 0.1) is 0 Å². The SMILES string of the molecule is CC(C)(C)OC(=O)N1CCC2(CC1)CC(CO)c1ccccc1O2. The molecule has 2 aliphatic rings. The minimum absolute atomic E-state index is 0.100. The van der Waals surface area contributed by atoms with Gasteiger partial charge in [-0.3, -0.25) is 0 Å². The number of rotatable bonds is 1. The second-order valence-corrected chi connectivity index (χ2v) is 7.87. The Morgan fingerprint density at radius 2 is 2.00 bits per heavy atom. The molecule has 1 spiro atoms. The van der Waals surface area contributed by atoms with E-state index < -0.39 is 5.60 Å². The molecule has 5 nitrogen and oxygen atoms in total. The summed E-state index contributed by atoms with van der Waals surface area (Å²) < 4.78 is 11.8. The van der Waals surface area contributed by atoms with Gasteiger partial charge in [0.05, 0.1) is 6.61 Å².